The summed E-state index contributed by atoms with van der Waals surface area (Å²) in [5.41, 5.74) is 2.43. The topological polar surface area (TPSA) is 52.6 Å². The van der Waals surface area contributed by atoms with Crippen LogP contribution in [-0.4, -0.2) is 18.9 Å². The van der Waals surface area contributed by atoms with Crippen molar-refractivity contribution in [2.75, 3.05) is 7.11 Å². The first-order valence-corrected chi connectivity index (χ1v) is 8.60. The molecule has 4 nitrogen and oxygen atoms in total. The number of hydrogen-bond acceptors (Lipinski definition) is 4. The first-order chi connectivity index (χ1) is 13.1. The molecule has 0 fully saturated rings. The molecule has 0 amide bonds. The van der Waals surface area contributed by atoms with Gasteiger partial charge in [0.1, 0.15) is 11.3 Å². The van der Waals surface area contributed by atoms with E-state index in [1.54, 1.807) is 48.5 Å². The number of carbonyl (C=O) groups excluding carboxylic acids is 2. The molecule has 0 bridgehead atoms. The lowest BCUT2D eigenvalue weighted by Crippen LogP contribution is -2.20. The standard InChI is InChI=1S/C23H20O4/c1-16-12-14-17(15-13-16)21(24)22(18-8-4-3-5-9-18)27-23(25)19-10-6-7-11-20(19)26-2/h3-15,22H,1-2H3. The molecule has 0 aliphatic heterocycles. The molecule has 0 spiro atoms. The normalized spacial score (nSPS) is 11.5. The average Bonchev–Trinajstić information content (AvgIpc) is 2.72. The Kier molecular flexibility index (Phi) is 5.67. The van der Waals surface area contributed by atoms with Crippen LogP contribution >= 0.6 is 0 Å². The number of methoxy groups -OCH3 is 1. The monoisotopic (exact) mass is 360 g/mol. The van der Waals surface area contributed by atoms with E-state index in [1.807, 2.05) is 37.3 Å². The van der Waals surface area contributed by atoms with Crippen molar-refractivity contribution in [1.82, 2.24) is 0 Å². The van der Waals surface area contributed by atoms with Crippen LogP contribution in [0.1, 0.15) is 37.9 Å². The number of ketones is 1. The van der Waals surface area contributed by atoms with Gasteiger partial charge < -0.3 is 9.47 Å². The van der Waals surface area contributed by atoms with Crippen molar-refractivity contribution in [3.8, 4) is 5.75 Å². The second-order valence-electron chi connectivity index (χ2n) is 6.13. The van der Waals surface area contributed by atoms with Crippen LogP contribution in [0.2, 0.25) is 0 Å². The summed E-state index contributed by atoms with van der Waals surface area (Å²) in [6.07, 6.45) is -1.04. The number of para-hydroxylation sites is 1. The molecule has 0 aliphatic carbocycles. The molecular formula is C23H20O4. The van der Waals surface area contributed by atoms with Gasteiger partial charge in [-0.3, -0.25) is 4.79 Å². The van der Waals surface area contributed by atoms with Crippen molar-refractivity contribution in [3.63, 3.8) is 0 Å². The van der Waals surface area contributed by atoms with E-state index in [2.05, 4.69) is 0 Å². The highest BCUT2D eigenvalue weighted by molar-refractivity contribution is 6.02. The van der Waals surface area contributed by atoms with Crippen molar-refractivity contribution in [1.29, 1.82) is 0 Å². The summed E-state index contributed by atoms with van der Waals surface area (Å²) in [6.45, 7) is 1.95. The lowest BCUT2D eigenvalue weighted by molar-refractivity contribution is 0.0277. The Balaban J connectivity index is 1.94. The molecule has 3 rings (SSSR count). The average molecular weight is 360 g/mol. The zero-order valence-corrected chi connectivity index (χ0v) is 15.2. The smallest absolute Gasteiger partial charge is 0.342 e. The van der Waals surface area contributed by atoms with Crippen molar-refractivity contribution in [2.24, 2.45) is 0 Å². The fourth-order valence-electron chi connectivity index (χ4n) is 2.75. The fourth-order valence-corrected chi connectivity index (χ4v) is 2.75. The number of esters is 1. The molecule has 4 heteroatoms. The van der Waals surface area contributed by atoms with Gasteiger partial charge in [0.2, 0.25) is 5.78 Å². The van der Waals surface area contributed by atoms with E-state index >= 15 is 0 Å². The first kappa shape index (κ1) is 18.4. The highest BCUT2D eigenvalue weighted by Crippen LogP contribution is 2.26. The molecule has 3 aromatic carbocycles. The summed E-state index contributed by atoms with van der Waals surface area (Å²) >= 11 is 0. The van der Waals surface area contributed by atoms with Crippen LogP contribution < -0.4 is 4.74 Å². The molecule has 1 unspecified atom stereocenters. The predicted molar refractivity (Wildman–Crippen MR) is 103 cm³/mol. The molecule has 3 aromatic rings. The first-order valence-electron chi connectivity index (χ1n) is 8.60. The Hall–Kier alpha value is -3.40. The number of aryl methyl sites for hydroxylation is 1. The molecule has 0 aliphatic rings. The van der Waals surface area contributed by atoms with Gasteiger partial charge in [-0.25, -0.2) is 4.79 Å². The maximum atomic E-state index is 13.1. The number of Topliss-reactive ketones (excluding diaryl/α,β-unsaturated/α-hetero) is 1. The van der Waals surface area contributed by atoms with Gasteiger partial charge in [-0.2, -0.15) is 0 Å². The Labute approximate surface area is 158 Å². The summed E-state index contributed by atoms with van der Waals surface area (Å²) in [6, 6.07) is 23.0. The zero-order valence-electron chi connectivity index (χ0n) is 15.2. The van der Waals surface area contributed by atoms with Gasteiger partial charge in [-0.15, -0.1) is 0 Å². The van der Waals surface area contributed by atoms with Crippen LogP contribution in [0.4, 0.5) is 0 Å². The molecule has 1 atom stereocenters. The van der Waals surface area contributed by atoms with E-state index in [-0.39, 0.29) is 11.3 Å². The van der Waals surface area contributed by atoms with Crippen molar-refractivity contribution >= 4 is 11.8 Å². The summed E-state index contributed by atoms with van der Waals surface area (Å²) < 4.78 is 10.9. The van der Waals surface area contributed by atoms with E-state index in [0.717, 1.165) is 5.56 Å². The van der Waals surface area contributed by atoms with Gasteiger partial charge in [-0.05, 0) is 19.1 Å². The van der Waals surface area contributed by atoms with Gasteiger partial charge in [0, 0.05) is 11.1 Å². The maximum Gasteiger partial charge on any atom is 0.342 e. The number of carbonyl (C=O) groups is 2. The quantitative estimate of drug-likeness (QED) is 0.469. The third-order valence-corrected chi connectivity index (χ3v) is 4.23. The van der Waals surface area contributed by atoms with Crippen molar-refractivity contribution in [2.45, 2.75) is 13.0 Å². The van der Waals surface area contributed by atoms with Gasteiger partial charge in [0.05, 0.1) is 7.11 Å². The van der Waals surface area contributed by atoms with Crippen LogP contribution in [-0.2, 0) is 4.74 Å². The molecule has 0 heterocycles. The maximum absolute atomic E-state index is 13.1. The lowest BCUT2D eigenvalue weighted by Gasteiger charge is -2.18. The molecule has 27 heavy (non-hydrogen) atoms. The molecule has 0 N–H and O–H groups in total. The molecule has 0 radical (unpaired) electrons. The van der Waals surface area contributed by atoms with E-state index in [4.69, 9.17) is 9.47 Å². The molecule has 0 saturated carbocycles. The number of hydrogen-bond donors (Lipinski definition) is 0. The van der Waals surface area contributed by atoms with E-state index in [9.17, 15) is 9.59 Å². The van der Waals surface area contributed by atoms with E-state index in [1.165, 1.54) is 7.11 Å². The van der Waals surface area contributed by atoms with Crippen LogP contribution in [0.3, 0.4) is 0 Å². The number of benzene rings is 3. The molecular weight excluding hydrogens is 340 g/mol. The minimum atomic E-state index is -1.04. The van der Waals surface area contributed by atoms with Crippen molar-refractivity contribution < 1.29 is 19.1 Å². The van der Waals surface area contributed by atoms with Crippen LogP contribution in [0, 0.1) is 6.92 Å². The summed E-state index contributed by atoms with van der Waals surface area (Å²) in [5, 5.41) is 0. The number of rotatable bonds is 6. The van der Waals surface area contributed by atoms with E-state index < -0.39 is 12.1 Å². The SMILES string of the molecule is COc1ccccc1C(=O)OC(C(=O)c1ccc(C)cc1)c1ccccc1. The van der Waals surface area contributed by atoms with Crippen LogP contribution in [0.5, 0.6) is 5.75 Å². The minimum Gasteiger partial charge on any atom is -0.496 e. The fraction of sp³-hybridized carbons (Fsp3) is 0.130. The Bertz CT molecular complexity index is 930. The van der Waals surface area contributed by atoms with Crippen LogP contribution in [0.25, 0.3) is 0 Å². The van der Waals surface area contributed by atoms with Crippen molar-refractivity contribution in [3.05, 3.63) is 101 Å². The summed E-state index contributed by atoms with van der Waals surface area (Å²) in [4.78, 5) is 25.8. The lowest BCUT2D eigenvalue weighted by atomic mass is 9.99. The van der Waals surface area contributed by atoms with E-state index in [0.29, 0.717) is 16.9 Å². The Morgan fingerprint density at radius 3 is 2.11 bits per heavy atom. The molecule has 0 saturated heterocycles. The molecule has 0 aromatic heterocycles. The van der Waals surface area contributed by atoms with Gasteiger partial charge in [-0.1, -0.05) is 72.3 Å². The van der Waals surface area contributed by atoms with Gasteiger partial charge >= 0.3 is 5.97 Å². The predicted octanol–water partition coefficient (Wildman–Crippen LogP) is 4.78. The van der Waals surface area contributed by atoms with Crippen LogP contribution in [0.15, 0.2) is 78.9 Å². The highest BCUT2D eigenvalue weighted by Gasteiger charge is 2.27. The number of ether oxygens (including phenoxy) is 2. The van der Waals surface area contributed by atoms with Gasteiger partial charge in [0.15, 0.2) is 6.10 Å². The third kappa shape index (κ3) is 4.23. The van der Waals surface area contributed by atoms with Gasteiger partial charge in [0.25, 0.3) is 0 Å². The largest absolute Gasteiger partial charge is 0.496 e. The summed E-state index contributed by atoms with van der Waals surface area (Å²) in [7, 11) is 1.48. The zero-order chi connectivity index (χ0) is 19.2. The Morgan fingerprint density at radius 1 is 0.815 bits per heavy atom. The molecule has 136 valence electrons. The minimum absolute atomic E-state index is 0.274. The highest BCUT2D eigenvalue weighted by atomic mass is 16.5. The third-order valence-electron chi connectivity index (χ3n) is 4.23. The second-order valence-corrected chi connectivity index (χ2v) is 6.13. The Morgan fingerprint density at radius 2 is 1.44 bits per heavy atom. The second kappa shape index (κ2) is 8.32. The summed E-state index contributed by atoms with van der Waals surface area (Å²) in [5.74, 6) is -0.483.